The van der Waals surface area contributed by atoms with Gasteiger partial charge in [-0.15, -0.1) is 0 Å². The third-order valence-corrected chi connectivity index (χ3v) is 5.34. The molecule has 116 valence electrons. The second-order valence-electron chi connectivity index (χ2n) is 6.70. The summed E-state index contributed by atoms with van der Waals surface area (Å²) in [6, 6.07) is 6.99. The van der Waals surface area contributed by atoms with Gasteiger partial charge in [0.25, 0.3) is 0 Å². The second-order valence-corrected chi connectivity index (χ2v) is 6.70. The van der Waals surface area contributed by atoms with Gasteiger partial charge in [0.05, 0.1) is 5.52 Å². The van der Waals surface area contributed by atoms with Crippen LogP contribution in [0.25, 0.3) is 22.6 Å². The van der Waals surface area contributed by atoms with Crippen LogP contribution in [0.2, 0.25) is 0 Å². The minimum absolute atomic E-state index is 1.09. The van der Waals surface area contributed by atoms with Gasteiger partial charge in [-0.25, -0.2) is 4.98 Å². The third kappa shape index (κ3) is 1.99. The molecule has 3 heterocycles. The summed E-state index contributed by atoms with van der Waals surface area (Å²) in [6.07, 6.45) is 14.8. The van der Waals surface area contributed by atoms with Gasteiger partial charge in [-0.2, -0.15) is 0 Å². The van der Waals surface area contributed by atoms with Crippen molar-refractivity contribution in [3.8, 4) is 0 Å². The van der Waals surface area contributed by atoms with E-state index in [0.29, 0.717) is 0 Å². The predicted octanol–water partition coefficient (Wildman–Crippen LogP) is 4.44. The Morgan fingerprint density at radius 3 is 2.87 bits per heavy atom. The van der Waals surface area contributed by atoms with Crippen molar-refractivity contribution in [3.05, 3.63) is 47.8 Å². The maximum atomic E-state index is 4.60. The molecule has 23 heavy (non-hydrogen) atoms. The average Bonchev–Trinajstić information content (AvgIpc) is 3.12. The molecule has 3 nitrogen and oxygen atoms in total. The summed E-state index contributed by atoms with van der Waals surface area (Å²) >= 11 is 0. The lowest BCUT2D eigenvalue weighted by atomic mass is 9.94. The number of nitrogens with zero attached hydrogens (tertiary/aromatic N) is 3. The minimum Gasteiger partial charge on any atom is -0.372 e. The molecular formula is C20H21N3. The van der Waals surface area contributed by atoms with Crippen molar-refractivity contribution in [1.29, 1.82) is 0 Å². The molecule has 1 fully saturated rings. The molecule has 0 radical (unpaired) electrons. The Morgan fingerprint density at radius 2 is 1.96 bits per heavy atom. The number of fused-ring (bicyclic) bond motifs is 6. The Morgan fingerprint density at radius 1 is 1.04 bits per heavy atom. The van der Waals surface area contributed by atoms with Crippen LogP contribution < -0.4 is 4.90 Å². The molecule has 1 aliphatic heterocycles. The maximum Gasteiger partial charge on any atom is 0.144 e. The van der Waals surface area contributed by atoms with Crippen LogP contribution >= 0.6 is 0 Å². The highest BCUT2D eigenvalue weighted by Crippen LogP contribution is 2.33. The highest BCUT2D eigenvalue weighted by Gasteiger charge is 2.17. The first kappa shape index (κ1) is 13.2. The maximum absolute atomic E-state index is 4.60. The Balaban J connectivity index is 1.78. The zero-order valence-corrected chi connectivity index (χ0v) is 13.3. The number of allylic oxidation sites excluding steroid dienone is 1. The van der Waals surface area contributed by atoms with Crippen molar-refractivity contribution in [2.75, 3.05) is 18.0 Å². The van der Waals surface area contributed by atoms with E-state index in [4.69, 9.17) is 0 Å². The van der Waals surface area contributed by atoms with Gasteiger partial charge in [-0.3, -0.25) is 4.40 Å². The molecule has 3 heteroatoms. The smallest absolute Gasteiger partial charge is 0.144 e. The largest absolute Gasteiger partial charge is 0.372 e. The van der Waals surface area contributed by atoms with Crippen molar-refractivity contribution in [1.82, 2.24) is 9.38 Å². The molecule has 0 N–H and O–H groups in total. The van der Waals surface area contributed by atoms with Gasteiger partial charge in [-0.1, -0.05) is 12.2 Å². The molecule has 2 aromatic heterocycles. The van der Waals surface area contributed by atoms with Gasteiger partial charge in [0.15, 0.2) is 0 Å². The molecule has 0 spiro atoms. The molecule has 0 unspecified atom stereocenters. The summed E-state index contributed by atoms with van der Waals surface area (Å²) in [5.41, 5.74) is 6.54. The summed E-state index contributed by atoms with van der Waals surface area (Å²) in [5, 5.41) is 1.40. The average molecular weight is 303 g/mol. The highest BCUT2D eigenvalue weighted by molar-refractivity contribution is 5.93. The van der Waals surface area contributed by atoms with Gasteiger partial charge >= 0.3 is 0 Å². The molecule has 0 amide bonds. The molecule has 2 aliphatic rings. The van der Waals surface area contributed by atoms with E-state index < -0.39 is 0 Å². The van der Waals surface area contributed by atoms with Crippen LogP contribution in [0, 0.1) is 0 Å². The van der Waals surface area contributed by atoms with Gasteiger partial charge in [-0.05, 0) is 55.9 Å². The SMILES string of the molecule is C1=Cc2c(c3cc(N4CCCCC4)ccc3n3ccnc23)CC1. The van der Waals surface area contributed by atoms with Crippen molar-refractivity contribution in [2.24, 2.45) is 0 Å². The quantitative estimate of drug-likeness (QED) is 0.662. The van der Waals surface area contributed by atoms with Crippen molar-refractivity contribution in [2.45, 2.75) is 32.1 Å². The molecule has 1 saturated heterocycles. The van der Waals surface area contributed by atoms with Crippen LogP contribution in [-0.4, -0.2) is 22.5 Å². The first-order valence-electron chi connectivity index (χ1n) is 8.75. The lowest BCUT2D eigenvalue weighted by Crippen LogP contribution is -2.29. The fourth-order valence-electron chi connectivity index (χ4n) is 4.18. The van der Waals surface area contributed by atoms with Crippen LogP contribution in [0.15, 0.2) is 36.7 Å². The van der Waals surface area contributed by atoms with Crippen molar-refractivity contribution >= 4 is 28.3 Å². The van der Waals surface area contributed by atoms with Crippen molar-refractivity contribution in [3.63, 3.8) is 0 Å². The summed E-state index contributed by atoms with van der Waals surface area (Å²) in [6.45, 7) is 2.39. The zero-order valence-electron chi connectivity index (χ0n) is 13.3. The van der Waals surface area contributed by atoms with Gasteiger partial charge in [0.1, 0.15) is 5.65 Å². The lowest BCUT2D eigenvalue weighted by molar-refractivity contribution is 0.578. The molecule has 1 aliphatic carbocycles. The predicted molar refractivity (Wildman–Crippen MR) is 96.1 cm³/mol. The second kappa shape index (κ2) is 5.12. The number of pyridine rings is 1. The Hall–Kier alpha value is -2.29. The van der Waals surface area contributed by atoms with Crippen LogP contribution in [0.5, 0.6) is 0 Å². The summed E-state index contributed by atoms with van der Waals surface area (Å²) < 4.78 is 2.24. The van der Waals surface area contributed by atoms with Crippen LogP contribution in [0.3, 0.4) is 0 Å². The lowest BCUT2D eigenvalue weighted by Gasteiger charge is -2.29. The Kier molecular flexibility index (Phi) is 2.93. The summed E-state index contributed by atoms with van der Waals surface area (Å²) in [7, 11) is 0. The van der Waals surface area contributed by atoms with E-state index in [1.807, 2.05) is 6.20 Å². The van der Waals surface area contributed by atoms with E-state index in [0.717, 1.165) is 18.5 Å². The van der Waals surface area contributed by atoms with Crippen LogP contribution in [0.4, 0.5) is 5.69 Å². The minimum atomic E-state index is 1.09. The molecule has 5 rings (SSSR count). The molecule has 0 atom stereocenters. The van der Waals surface area contributed by atoms with E-state index in [2.05, 4.69) is 50.8 Å². The number of anilines is 1. The molecule has 1 aromatic carbocycles. The summed E-state index contributed by atoms with van der Waals surface area (Å²) in [4.78, 5) is 7.14. The molecular weight excluding hydrogens is 282 g/mol. The number of hydrogen-bond acceptors (Lipinski definition) is 2. The van der Waals surface area contributed by atoms with Gasteiger partial charge in [0, 0.05) is 42.1 Å². The number of rotatable bonds is 1. The van der Waals surface area contributed by atoms with Crippen LogP contribution in [0.1, 0.15) is 36.8 Å². The van der Waals surface area contributed by atoms with E-state index >= 15 is 0 Å². The van der Waals surface area contributed by atoms with E-state index in [1.54, 1.807) is 0 Å². The number of aryl methyl sites for hydroxylation is 1. The van der Waals surface area contributed by atoms with E-state index in [-0.39, 0.29) is 0 Å². The fraction of sp³-hybridized carbons (Fsp3) is 0.350. The number of hydrogen-bond donors (Lipinski definition) is 0. The summed E-state index contributed by atoms with van der Waals surface area (Å²) in [5.74, 6) is 0. The topological polar surface area (TPSA) is 20.5 Å². The van der Waals surface area contributed by atoms with Crippen LogP contribution in [-0.2, 0) is 6.42 Å². The number of imidazole rings is 1. The van der Waals surface area contributed by atoms with Gasteiger partial charge < -0.3 is 4.90 Å². The fourth-order valence-corrected chi connectivity index (χ4v) is 4.18. The molecule has 3 aromatic rings. The zero-order chi connectivity index (χ0) is 15.2. The monoisotopic (exact) mass is 303 g/mol. The third-order valence-electron chi connectivity index (χ3n) is 5.34. The Bertz CT molecular complexity index is 913. The first-order valence-corrected chi connectivity index (χ1v) is 8.75. The molecule has 0 saturated carbocycles. The number of benzene rings is 1. The number of piperidine rings is 1. The van der Waals surface area contributed by atoms with Gasteiger partial charge in [0.2, 0.25) is 0 Å². The standard InChI is InChI=1S/C20H21N3/c1-4-11-22(12-5-1)15-8-9-19-18(14-15)16-6-2-3-7-17(16)20-21-10-13-23(19)20/h3,7-10,13-14H,1-2,4-6,11-12H2. The van der Waals surface area contributed by atoms with Crippen molar-refractivity contribution < 1.29 is 0 Å². The Labute approximate surface area is 136 Å². The highest BCUT2D eigenvalue weighted by atomic mass is 15.1. The first-order chi connectivity index (χ1) is 11.4. The van der Waals surface area contributed by atoms with E-state index in [1.165, 1.54) is 60.1 Å². The van der Waals surface area contributed by atoms with E-state index in [9.17, 15) is 0 Å². The normalized spacial score (nSPS) is 17.8. The number of aromatic nitrogens is 2. The molecule has 0 bridgehead atoms.